The summed E-state index contributed by atoms with van der Waals surface area (Å²) in [5, 5.41) is 5.90. The van der Waals surface area contributed by atoms with Crippen LogP contribution in [0.3, 0.4) is 0 Å². The molecule has 30 heavy (non-hydrogen) atoms. The number of hydrogen-bond donors (Lipinski definition) is 2. The van der Waals surface area contributed by atoms with Gasteiger partial charge in [0, 0.05) is 50.2 Å². The summed E-state index contributed by atoms with van der Waals surface area (Å²) in [5.74, 6) is -0.107. The van der Waals surface area contributed by atoms with Crippen molar-refractivity contribution in [1.29, 1.82) is 0 Å². The van der Waals surface area contributed by atoms with Crippen LogP contribution in [0.1, 0.15) is 48.5 Å². The third-order valence-electron chi connectivity index (χ3n) is 5.44. The van der Waals surface area contributed by atoms with Gasteiger partial charge in [-0.25, -0.2) is 4.79 Å². The largest absolute Gasteiger partial charge is 0.375 e. The third-order valence-corrected chi connectivity index (χ3v) is 5.44. The standard InChI is InChI=1S/C24H32N4O2/c1-3-4-14-27(2)22-12-10-20(11-13-22)23(29)25-18-19-8-7-9-21(17-19)26-24(30)28-15-5-6-16-28/h7-13,17H,3-6,14-16,18H2,1-2H3,(H,25,29)(H,26,30). The zero-order valence-corrected chi connectivity index (χ0v) is 18.0. The average molecular weight is 409 g/mol. The van der Waals surface area contributed by atoms with Crippen molar-refractivity contribution in [2.45, 2.75) is 39.2 Å². The van der Waals surface area contributed by atoms with Crippen molar-refractivity contribution in [1.82, 2.24) is 10.2 Å². The van der Waals surface area contributed by atoms with Gasteiger partial charge in [0.1, 0.15) is 0 Å². The van der Waals surface area contributed by atoms with Crippen LogP contribution in [-0.2, 0) is 6.54 Å². The second-order valence-corrected chi connectivity index (χ2v) is 7.83. The van der Waals surface area contributed by atoms with Gasteiger partial charge < -0.3 is 20.4 Å². The lowest BCUT2D eigenvalue weighted by Gasteiger charge is -2.19. The fourth-order valence-corrected chi connectivity index (χ4v) is 3.56. The number of likely N-dealkylation sites (tertiary alicyclic amines) is 1. The molecule has 0 saturated carbocycles. The molecule has 2 aromatic rings. The quantitative estimate of drug-likeness (QED) is 0.677. The van der Waals surface area contributed by atoms with E-state index in [2.05, 4.69) is 29.5 Å². The van der Waals surface area contributed by atoms with Gasteiger partial charge in [-0.15, -0.1) is 0 Å². The molecule has 0 aromatic heterocycles. The Labute approximate surface area is 179 Å². The first-order valence-corrected chi connectivity index (χ1v) is 10.8. The molecule has 2 aromatic carbocycles. The Balaban J connectivity index is 1.52. The topological polar surface area (TPSA) is 64.7 Å². The number of urea groups is 1. The number of carbonyl (C=O) groups is 2. The van der Waals surface area contributed by atoms with Crippen molar-refractivity contribution in [2.75, 3.05) is 36.9 Å². The molecule has 0 bridgehead atoms. The van der Waals surface area contributed by atoms with Crippen LogP contribution in [0.25, 0.3) is 0 Å². The molecule has 0 unspecified atom stereocenters. The van der Waals surface area contributed by atoms with E-state index in [4.69, 9.17) is 0 Å². The maximum absolute atomic E-state index is 12.5. The molecule has 6 nitrogen and oxygen atoms in total. The first-order chi connectivity index (χ1) is 14.6. The molecule has 1 fully saturated rings. The van der Waals surface area contributed by atoms with Gasteiger partial charge in [0.2, 0.25) is 0 Å². The Morgan fingerprint density at radius 1 is 1.07 bits per heavy atom. The lowest BCUT2D eigenvalue weighted by molar-refractivity contribution is 0.0951. The number of unbranched alkanes of at least 4 members (excludes halogenated alkanes) is 1. The number of carbonyl (C=O) groups excluding carboxylic acids is 2. The number of anilines is 2. The molecule has 2 N–H and O–H groups in total. The van der Waals surface area contributed by atoms with E-state index in [-0.39, 0.29) is 11.9 Å². The van der Waals surface area contributed by atoms with Gasteiger partial charge in [0.15, 0.2) is 0 Å². The molecule has 0 spiro atoms. The van der Waals surface area contributed by atoms with Gasteiger partial charge in [-0.3, -0.25) is 4.79 Å². The van der Waals surface area contributed by atoms with Crippen molar-refractivity contribution >= 4 is 23.3 Å². The van der Waals surface area contributed by atoms with Crippen LogP contribution in [0.2, 0.25) is 0 Å². The monoisotopic (exact) mass is 408 g/mol. The van der Waals surface area contributed by atoms with E-state index < -0.39 is 0 Å². The minimum Gasteiger partial charge on any atom is -0.375 e. The summed E-state index contributed by atoms with van der Waals surface area (Å²) >= 11 is 0. The molecule has 1 saturated heterocycles. The summed E-state index contributed by atoms with van der Waals surface area (Å²) in [7, 11) is 2.07. The van der Waals surface area contributed by atoms with E-state index in [1.807, 2.05) is 53.4 Å². The minimum absolute atomic E-state index is 0.0577. The molecule has 3 rings (SSSR count). The van der Waals surface area contributed by atoms with E-state index in [9.17, 15) is 9.59 Å². The SMILES string of the molecule is CCCCN(C)c1ccc(C(=O)NCc2cccc(NC(=O)N3CCCC3)c2)cc1. The van der Waals surface area contributed by atoms with Crippen molar-refractivity contribution < 1.29 is 9.59 Å². The highest BCUT2D eigenvalue weighted by Gasteiger charge is 2.17. The van der Waals surface area contributed by atoms with Gasteiger partial charge in [-0.1, -0.05) is 25.5 Å². The van der Waals surface area contributed by atoms with Crippen molar-refractivity contribution in [3.05, 3.63) is 59.7 Å². The van der Waals surface area contributed by atoms with Crippen LogP contribution in [-0.4, -0.2) is 43.5 Å². The van der Waals surface area contributed by atoms with Crippen LogP contribution in [0, 0.1) is 0 Å². The second kappa shape index (κ2) is 10.7. The summed E-state index contributed by atoms with van der Waals surface area (Å²) in [6, 6.07) is 15.2. The summed E-state index contributed by atoms with van der Waals surface area (Å²) < 4.78 is 0. The first-order valence-electron chi connectivity index (χ1n) is 10.8. The smallest absolute Gasteiger partial charge is 0.321 e. The summed E-state index contributed by atoms with van der Waals surface area (Å²) in [6.07, 6.45) is 4.44. The van der Waals surface area contributed by atoms with Crippen molar-refractivity contribution in [2.24, 2.45) is 0 Å². The zero-order valence-electron chi connectivity index (χ0n) is 18.0. The first kappa shape index (κ1) is 21.7. The van der Waals surface area contributed by atoms with Crippen molar-refractivity contribution in [3.8, 4) is 0 Å². The number of amides is 3. The Kier molecular flexibility index (Phi) is 7.71. The van der Waals surface area contributed by atoms with E-state index in [0.29, 0.717) is 12.1 Å². The van der Waals surface area contributed by atoms with Crippen molar-refractivity contribution in [3.63, 3.8) is 0 Å². The highest BCUT2D eigenvalue weighted by molar-refractivity contribution is 5.94. The zero-order chi connectivity index (χ0) is 21.3. The predicted molar refractivity (Wildman–Crippen MR) is 122 cm³/mol. The number of hydrogen-bond acceptors (Lipinski definition) is 3. The Morgan fingerprint density at radius 2 is 1.80 bits per heavy atom. The fourth-order valence-electron chi connectivity index (χ4n) is 3.56. The maximum atomic E-state index is 12.5. The average Bonchev–Trinajstić information content (AvgIpc) is 3.31. The molecule has 1 aliphatic heterocycles. The highest BCUT2D eigenvalue weighted by Crippen LogP contribution is 2.16. The Hall–Kier alpha value is -3.02. The third kappa shape index (κ3) is 5.99. The molecular weight excluding hydrogens is 376 g/mol. The number of nitrogens with one attached hydrogen (secondary N) is 2. The lowest BCUT2D eigenvalue weighted by Crippen LogP contribution is -2.32. The van der Waals surface area contributed by atoms with Crippen LogP contribution in [0.15, 0.2) is 48.5 Å². The van der Waals surface area contributed by atoms with Gasteiger partial charge in [0.05, 0.1) is 0 Å². The predicted octanol–water partition coefficient (Wildman–Crippen LogP) is 4.48. The molecule has 0 aliphatic carbocycles. The second-order valence-electron chi connectivity index (χ2n) is 7.83. The Morgan fingerprint density at radius 3 is 2.50 bits per heavy atom. The van der Waals surface area contributed by atoms with Gasteiger partial charge in [-0.2, -0.15) is 0 Å². The highest BCUT2D eigenvalue weighted by atomic mass is 16.2. The van der Waals surface area contributed by atoms with E-state index in [1.165, 1.54) is 0 Å². The van der Waals surface area contributed by atoms with Crippen LogP contribution < -0.4 is 15.5 Å². The lowest BCUT2D eigenvalue weighted by atomic mass is 10.1. The molecule has 1 aliphatic rings. The number of benzene rings is 2. The molecule has 6 heteroatoms. The van der Waals surface area contributed by atoms with Gasteiger partial charge >= 0.3 is 6.03 Å². The van der Waals surface area contributed by atoms with E-state index in [1.54, 1.807) is 0 Å². The Bertz CT molecular complexity index is 845. The number of rotatable bonds is 8. The molecular formula is C24H32N4O2. The van der Waals surface area contributed by atoms with E-state index in [0.717, 1.165) is 62.3 Å². The van der Waals surface area contributed by atoms with Gasteiger partial charge in [-0.05, 0) is 61.2 Å². The summed E-state index contributed by atoms with van der Waals surface area (Å²) in [6.45, 7) is 5.22. The number of nitrogens with zero attached hydrogens (tertiary/aromatic N) is 2. The van der Waals surface area contributed by atoms with Gasteiger partial charge in [0.25, 0.3) is 5.91 Å². The summed E-state index contributed by atoms with van der Waals surface area (Å²) in [5.41, 5.74) is 3.44. The minimum atomic E-state index is -0.107. The van der Waals surface area contributed by atoms with E-state index >= 15 is 0 Å². The molecule has 3 amide bonds. The molecule has 1 heterocycles. The fraction of sp³-hybridized carbons (Fsp3) is 0.417. The maximum Gasteiger partial charge on any atom is 0.321 e. The normalized spacial score (nSPS) is 13.2. The molecule has 0 atom stereocenters. The molecule has 0 radical (unpaired) electrons. The van der Waals surface area contributed by atoms with Crippen LogP contribution >= 0.6 is 0 Å². The molecule has 160 valence electrons. The van der Waals surface area contributed by atoms with Crippen LogP contribution in [0.4, 0.5) is 16.2 Å². The summed E-state index contributed by atoms with van der Waals surface area (Å²) in [4.78, 5) is 28.8. The van der Waals surface area contributed by atoms with Crippen LogP contribution in [0.5, 0.6) is 0 Å².